The van der Waals surface area contributed by atoms with E-state index >= 15 is 0 Å². The van der Waals surface area contributed by atoms with Crippen LogP contribution in [0.4, 0.5) is 10.8 Å². The van der Waals surface area contributed by atoms with Gasteiger partial charge >= 0.3 is 5.97 Å². The Morgan fingerprint density at radius 2 is 1.65 bits per heavy atom. The first-order valence-electron chi connectivity index (χ1n) is 11.2. The van der Waals surface area contributed by atoms with Crippen molar-refractivity contribution in [3.63, 3.8) is 0 Å². The molecule has 0 amide bonds. The third-order valence-corrected chi connectivity index (χ3v) is 7.36. The van der Waals surface area contributed by atoms with Gasteiger partial charge in [-0.15, -0.1) is 0 Å². The summed E-state index contributed by atoms with van der Waals surface area (Å²) < 4.78 is 6.35. The minimum atomic E-state index is -0.869. The smallest absolute Gasteiger partial charge is 0.307 e. The molecule has 34 heavy (non-hydrogen) atoms. The van der Waals surface area contributed by atoms with Gasteiger partial charge in [0.2, 0.25) is 0 Å². The van der Waals surface area contributed by atoms with E-state index < -0.39 is 17.8 Å². The molecule has 6 nitrogen and oxygen atoms in total. The molecule has 1 aliphatic carbocycles. The highest BCUT2D eigenvalue weighted by Gasteiger charge is 2.37. The molecule has 1 fully saturated rings. The monoisotopic (exact) mass is 472 g/mol. The van der Waals surface area contributed by atoms with Crippen LogP contribution in [-0.4, -0.2) is 29.0 Å². The molecule has 3 aromatic carbocycles. The molecule has 0 radical (unpaired) electrons. The van der Waals surface area contributed by atoms with Crippen molar-refractivity contribution >= 4 is 44.1 Å². The van der Waals surface area contributed by atoms with Gasteiger partial charge < -0.3 is 15.2 Å². The molecule has 1 heterocycles. The van der Waals surface area contributed by atoms with E-state index in [2.05, 4.69) is 10.3 Å². The van der Waals surface area contributed by atoms with E-state index in [9.17, 15) is 14.7 Å². The fraction of sp³-hybridized carbons (Fsp3) is 0.222. The predicted molar refractivity (Wildman–Crippen MR) is 134 cm³/mol. The summed E-state index contributed by atoms with van der Waals surface area (Å²) in [5, 5.41) is 13.5. The first-order chi connectivity index (χ1) is 16.5. The van der Waals surface area contributed by atoms with Crippen molar-refractivity contribution in [1.29, 1.82) is 0 Å². The van der Waals surface area contributed by atoms with Crippen LogP contribution in [0.25, 0.3) is 21.3 Å². The average molecular weight is 473 g/mol. The van der Waals surface area contributed by atoms with E-state index in [1.165, 1.54) is 0 Å². The van der Waals surface area contributed by atoms with Gasteiger partial charge in [-0.3, -0.25) is 9.59 Å². The lowest BCUT2D eigenvalue weighted by atomic mass is 9.88. The standard InChI is InChI=1S/C27H24N2O4S/c1-33-20-13-14-24-23(15-20)29-27(34-24)28-19-11-9-17(10-12-19)16-5-7-18(8-6-16)25(30)21-3-2-4-22(21)26(31)32/h5-15,21-22H,2-4H2,1H3,(H,28,29)(H,31,32)/t21-,22-/m0/s1. The van der Waals surface area contributed by atoms with Gasteiger partial charge in [0.15, 0.2) is 10.9 Å². The van der Waals surface area contributed by atoms with Crippen molar-refractivity contribution in [3.05, 3.63) is 72.3 Å². The Hall–Kier alpha value is -3.71. The number of Topliss-reactive ketones (excluding diaryl/α,β-unsaturated/α-hetero) is 1. The first-order valence-corrected chi connectivity index (χ1v) is 12.0. The van der Waals surface area contributed by atoms with Crippen molar-refractivity contribution in [2.75, 3.05) is 12.4 Å². The van der Waals surface area contributed by atoms with Gasteiger partial charge in [-0.1, -0.05) is 54.2 Å². The van der Waals surface area contributed by atoms with E-state index in [0.717, 1.165) is 44.3 Å². The summed E-state index contributed by atoms with van der Waals surface area (Å²) in [7, 11) is 1.64. The fourth-order valence-corrected chi connectivity index (χ4v) is 5.43. The van der Waals surface area contributed by atoms with Gasteiger partial charge in [0, 0.05) is 23.2 Å². The number of carbonyl (C=O) groups excluding carboxylic acids is 1. The summed E-state index contributed by atoms with van der Waals surface area (Å²) in [5.41, 5.74) is 4.43. The molecule has 0 aliphatic heterocycles. The van der Waals surface area contributed by atoms with E-state index in [-0.39, 0.29) is 5.78 Å². The summed E-state index contributed by atoms with van der Waals surface area (Å²) in [4.78, 5) is 28.9. The van der Waals surface area contributed by atoms with Gasteiger partial charge in [-0.2, -0.15) is 0 Å². The van der Waals surface area contributed by atoms with Crippen molar-refractivity contribution in [2.24, 2.45) is 11.8 Å². The van der Waals surface area contributed by atoms with Crippen LogP contribution in [0, 0.1) is 11.8 Å². The quantitative estimate of drug-likeness (QED) is 0.303. The minimum Gasteiger partial charge on any atom is -0.497 e. The van der Waals surface area contributed by atoms with Crippen molar-refractivity contribution in [3.8, 4) is 16.9 Å². The zero-order valence-corrected chi connectivity index (χ0v) is 19.5. The Kier molecular flexibility index (Phi) is 6.02. The number of aromatic nitrogens is 1. The lowest BCUT2D eigenvalue weighted by Crippen LogP contribution is -2.25. The largest absolute Gasteiger partial charge is 0.497 e. The number of fused-ring (bicyclic) bond motifs is 1. The van der Waals surface area contributed by atoms with Crippen LogP contribution in [0.3, 0.4) is 0 Å². The lowest BCUT2D eigenvalue weighted by Gasteiger charge is -2.14. The van der Waals surface area contributed by atoms with Crippen molar-refractivity contribution in [1.82, 2.24) is 4.98 Å². The zero-order valence-electron chi connectivity index (χ0n) is 18.7. The molecule has 4 aromatic rings. The molecule has 5 rings (SSSR count). The maximum Gasteiger partial charge on any atom is 0.307 e. The molecule has 1 aromatic heterocycles. The van der Waals surface area contributed by atoms with Gasteiger partial charge in [-0.25, -0.2) is 4.98 Å². The van der Waals surface area contributed by atoms with Gasteiger partial charge in [0.05, 0.1) is 23.2 Å². The van der Waals surface area contributed by atoms with Crippen LogP contribution in [0.15, 0.2) is 66.7 Å². The van der Waals surface area contributed by atoms with Crippen LogP contribution >= 0.6 is 11.3 Å². The Balaban J connectivity index is 1.28. The third kappa shape index (κ3) is 4.39. The van der Waals surface area contributed by atoms with Crippen molar-refractivity contribution in [2.45, 2.75) is 19.3 Å². The molecule has 0 saturated heterocycles. The summed E-state index contributed by atoms with van der Waals surface area (Å²) in [6, 6.07) is 21.3. The van der Waals surface area contributed by atoms with E-state index in [1.807, 2.05) is 54.6 Å². The molecule has 7 heteroatoms. The van der Waals surface area contributed by atoms with E-state index in [4.69, 9.17) is 4.74 Å². The van der Waals surface area contributed by atoms with Gasteiger partial charge in [-0.05, 0) is 48.2 Å². The third-order valence-electron chi connectivity index (χ3n) is 6.40. The zero-order chi connectivity index (χ0) is 23.7. The number of anilines is 2. The Morgan fingerprint density at radius 3 is 2.32 bits per heavy atom. The molecule has 2 N–H and O–H groups in total. The fourth-order valence-electron chi connectivity index (χ4n) is 4.57. The van der Waals surface area contributed by atoms with E-state index in [1.54, 1.807) is 30.6 Å². The minimum absolute atomic E-state index is 0.0653. The van der Waals surface area contributed by atoms with Crippen LogP contribution < -0.4 is 10.1 Å². The maximum absolute atomic E-state index is 12.8. The Labute approximate surface area is 201 Å². The summed E-state index contributed by atoms with van der Waals surface area (Å²) in [6.07, 6.45) is 2.01. The number of aliphatic carboxylic acids is 1. The van der Waals surface area contributed by atoms with Crippen LogP contribution in [-0.2, 0) is 4.79 Å². The highest BCUT2D eigenvalue weighted by Crippen LogP contribution is 2.35. The van der Waals surface area contributed by atoms with Crippen LogP contribution in [0.2, 0.25) is 0 Å². The second-order valence-corrected chi connectivity index (χ2v) is 9.51. The Morgan fingerprint density at radius 1 is 0.971 bits per heavy atom. The normalized spacial score (nSPS) is 17.6. The molecular weight excluding hydrogens is 448 g/mol. The average Bonchev–Trinajstić information content (AvgIpc) is 3.51. The molecule has 1 aliphatic rings. The lowest BCUT2D eigenvalue weighted by molar-refractivity contribution is -0.142. The molecule has 2 atom stereocenters. The molecule has 1 saturated carbocycles. The number of thiazole rings is 1. The number of nitrogens with one attached hydrogen (secondary N) is 1. The molecule has 0 bridgehead atoms. The number of carboxylic acid groups (broad SMARTS) is 1. The van der Waals surface area contributed by atoms with Crippen molar-refractivity contribution < 1.29 is 19.4 Å². The van der Waals surface area contributed by atoms with E-state index in [0.29, 0.717) is 18.4 Å². The maximum atomic E-state index is 12.8. The topological polar surface area (TPSA) is 88.5 Å². The number of methoxy groups -OCH3 is 1. The highest BCUT2D eigenvalue weighted by molar-refractivity contribution is 7.22. The van der Waals surface area contributed by atoms with Crippen LogP contribution in [0.5, 0.6) is 5.75 Å². The summed E-state index contributed by atoms with van der Waals surface area (Å²) in [6.45, 7) is 0. The number of hydrogen-bond donors (Lipinski definition) is 2. The number of rotatable bonds is 7. The molecule has 172 valence electrons. The van der Waals surface area contributed by atoms with Gasteiger partial charge in [0.1, 0.15) is 5.75 Å². The number of carbonyl (C=O) groups is 2. The number of benzene rings is 3. The molecule has 0 spiro atoms. The number of ether oxygens (including phenoxy) is 1. The second-order valence-electron chi connectivity index (χ2n) is 8.48. The number of nitrogens with zero attached hydrogens (tertiary/aromatic N) is 1. The summed E-state index contributed by atoms with van der Waals surface area (Å²) >= 11 is 1.58. The molecular formula is C27H24N2O4S. The van der Waals surface area contributed by atoms with Gasteiger partial charge in [0.25, 0.3) is 0 Å². The SMILES string of the molecule is COc1ccc2sc(Nc3ccc(-c4ccc(C(=O)[C@H]5CCC[C@@H]5C(=O)O)cc4)cc3)nc2c1. The first kappa shape index (κ1) is 22.1. The number of ketones is 1. The predicted octanol–water partition coefficient (Wildman–Crippen LogP) is 6.40. The Bertz CT molecular complexity index is 1350. The molecule has 0 unspecified atom stereocenters. The number of hydrogen-bond acceptors (Lipinski definition) is 6. The number of carboxylic acids is 1. The second kappa shape index (κ2) is 9.27. The van der Waals surface area contributed by atoms with Crippen LogP contribution in [0.1, 0.15) is 29.6 Å². The summed E-state index contributed by atoms with van der Waals surface area (Å²) in [5.74, 6) is -1.13. The highest BCUT2D eigenvalue weighted by atomic mass is 32.1.